The summed E-state index contributed by atoms with van der Waals surface area (Å²) in [5, 5.41) is 5.61. The van der Waals surface area contributed by atoms with Gasteiger partial charge >= 0.3 is 12.1 Å². The van der Waals surface area contributed by atoms with Crippen molar-refractivity contribution in [1.29, 1.82) is 0 Å². The van der Waals surface area contributed by atoms with Crippen LogP contribution in [0.3, 0.4) is 0 Å². The Bertz CT molecular complexity index is 1030. The van der Waals surface area contributed by atoms with E-state index in [0.29, 0.717) is 0 Å². The van der Waals surface area contributed by atoms with Crippen molar-refractivity contribution >= 4 is 18.0 Å². The maximum absolute atomic E-state index is 13.6. The van der Waals surface area contributed by atoms with Crippen molar-refractivity contribution in [3.05, 3.63) is 0 Å². The number of carbonyl (C=O) groups is 3. The van der Waals surface area contributed by atoms with Crippen LogP contribution in [0.15, 0.2) is 0 Å². The average Bonchev–Trinajstić information content (AvgIpc) is 3.55. The highest BCUT2D eigenvalue weighted by atomic mass is 16.9. The molecule has 10 unspecified atom stereocenters. The van der Waals surface area contributed by atoms with E-state index in [1.165, 1.54) is 21.3 Å². The van der Waals surface area contributed by atoms with Gasteiger partial charge in [0.15, 0.2) is 24.2 Å². The van der Waals surface area contributed by atoms with E-state index in [2.05, 4.69) is 10.6 Å². The Hall–Kier alpha value is -2.11. The lowest BCUT2D eigenvalue weighted by molar-refractivity contribution is -0.220. The number of esters is 1. The molecule has 4 heterocycles. The standard InChI is InChI=1S/C28H46N2O13/c1-26(2,3)43-25(33)30-13(17-19(35-9)21-23(37-17)41-27(4,5)39-21)11-15(31)29-14(12-16(32)34-8)18-20(36-10)22-24(38-18)42-28(6,7)40-22/h13-14,17-24H,11-12H2,1-10H3,(H,29,31)(H,30,33). The summed E-state index contributed by atoms with van der Waals surface area (Å²) in [5.41, 5.74) is -0.793. The zero-order valence-electron chi connectivity index (χ0n) is 26.5. The first-order valence-corrected chi connectivity index (χ1v) is 14.4. The molecule has 0 saturated carbocycles. The molecule has 0 bridgehead atoms. The lowest BCUT2D eigenvalue weighted by atomic mass is 9.98. The molecule has 10 atom stereocenters. The van der Waals surface area contributed by atoms with Gasteiger partial charge in [-0.1, -0.05) is 0 Å². The van der Waals surface area contributed by atoms with E-state index in [1.807, 2.05) is 0 Å². The van der Waals surface area contributed by atoms with Crippen LogP contribution < -0.4 is 10.6 Å². The number of hydrogen-bond donors (Lipinski definition) is 2. The number of fused-ring (bicyclic) bond motifs is 2. The molecule has 15 nitrogen and oxygen atoms in total. The van der Waals surface area contributed by atoms with Crippen molar-refractivity contribution < 1.29 is 61.8 Å². The van der Waals surface area contributed by atoms with E-state index in [1.54, 1.807) is 48.5 Å². The molecule has 4 saturated heterocycles. The highest BCUT2D eigenvalue weighted by Crippen LogP contribution is 2.41. The van der Waals surface area contributed by atoms with Crippen LogP contribution in [0.2, 0.25) is 0 Å². The van der Waals surface area contributed by atoms with Crippen molar-refractivity contribution in [1.82, 2.24) is 10.6 Å². The fourth-order valence-corrected chi connectivity index (χ4v) is 5.88. The minimum atomic E-state index is -0.936. The molecule has 2 N–H and O–H groups in total. The molecule has 15 heteroatoms. The summed E-state index contributed by atoms with van der Waals surface area (Å²) in [7, 11) is 4.22. The predicted molar refractivity (Wildman–Crippen MR) is 145 cm³/mol. The molecule has 4 rings (SSSR count). The predicted octanol–water partition coefficient (Wildman–Crippen LogP) is 1.10. The zero-order chi connectivity index (χ0) is 31.9. The van der Waals surface area contributed by atoms with Gasteiger partial charge in [-0.15, -0.1) is 0 Å². The van der Waals surface area contributed by atoms with Gasteiger partial charge in [0.2, 0.25) is 5.91 Å². The first-order chi connectivity index (χ1) is 20.0. The van der Waals surface area contributed by atoms with Crippen LogP contribution in [-0.2, 0) is 57.0 Å². The number of rotatable bonds is 10. The first kappa shape index (κ1) is 33.8. The average molecular weight is 619 g/mol. The Labute approximate surface area is 251 Å². The third-order valence-corrected chi connectivity index (χ3v) is 7.46. The molecular weight excluding hydrogens is 572 g/mol. The van der Waals surface area contributed by atoms with Gasteiger partial charge in [-0.25, -0.2) is 4.79 Å². The Balaban J connectivity index is 1.52. The van der Waals surface area contributed by atoms with Crippen molar-refractivity contribution in [3.8, 4) is 0 Å². The third-order valence-electron chi connectivity index (χ3n) is 7.46. The van der Waals surface area contributed by atoms with Gasteiger partial charge in [-0.05, 0) is 48.5 Å². The molecular formula is C28H46N2O13. The van der Waals surface area contributed by atoms with Crippen LogP contribution >= 0.6 is 0 Å². The molecule has 4 fully saturated rings. The summed E-state index contributed by atoms with van der Waals surface area (Å²) in [6.07, 6.45) is -6.96. The van der Waals surface area contributed by atoms with Crippen molar-refractivity contribution in [2.24, 2.45) is 0 Å². The Morgan fingerprint density at radius 1 is 0.744 bits per heavy atom. The fourth-order valence-electron chi connectivity index (χ4n) is 5.88. The third kappa shape index (κ3) is 7.95. The van der Waals surface area contributed by atoms with Gasteiger partial charge in [-0.3, -0.25) is 9.59 Å². The molecule has 246 valence electrons. The van der Waals surface area contributed by atoms with Crippen LogP contribution in [-0.4, -0.2) is 118 Å². The second kappa shape index (κ2) is 12.7. The van der Waals surface area contributed by atoms with E-state index in [-0.39, 0.29) is 12.8 Å². The van der Waals surface area contributed by atoms with Crippen LogP contribution in [0.4, 0.5) is 4.79 Å². The Kier molecular flexibility index (Phi) is 9.99. The largest absolute Gasteiger partial charge is 0.469 e. The summed E-state index contributed by atoms with van der Waals surface area (Å²) in [4.78, 5) is 38.9. The molecule has 0 spiro atoms. The van der Waals surface area contributed by atoms with Gasteiger partial charge < -0.3 is 58.0 Å². The molecule has 0 aromatic heterocycles. The van der Waals surface area contributed by atoms with E-state index in [4.69, 9.17) is 47.4 Å². The van der Waals surface area contributed by atoms with Gasteiger partial charge in [0.05, 0.1) is 25.6 Å². The summed E-state index contributed by atoms with van der Waals surface area (Å²) < 4.78 is 57.6. The second-order valence-electron chi connectivity index (χ2n) is 13.0. The molecule has 0 aromatic carbocycles. The van der Waals surface area contributed by atoms with Crippen molar-refractivity contribution in [3.63, 3.8) is 0 Å². The van der Waals surface area contributed by atoms with E-state index in [9.17, 15) is 14.4 Å². The maximum atomic E-state index is 13.6. The number of alkyl carbamates (subject to hydrolysis) is 1. The molecule has 0 aliphatic carbocycles. The number of methoxy groups -OCH3 is 3. The van der Waals surface area contributed by atoms with Crippen LogP contribution in [0.1, 0.15) is 61.3 Å². The molecule has 4 aliphatic heterocycles. The Morgan fingerprint density at radius 3 is 1.63 bits per heavy atom. The fraction of sp³-hybridized carbons (Fsp3) is 0.893. The van der Waals surface area contributed by atoms with Crippen molar-refractivity contribution in [2.45, 2.75) is 140 Å². The lowest BCUT2D eigenvalue weighted by Gasteiger charge is -2.33. The molecule has 4 aliphatic rings. The SMILES string of the molecule is COC(=O)CC(NC(=O)CC(NC(=O)OC(C)(C)C)C1OC2OC(C)(C)OC2C1OC)C1OC2OC(C)(C)OC2C1OC. The van der Waals surface area contributed by atoms with E-state index in [0.717, 1.165) is 0 Å². The Morgan fingerprint density at radius 2 is 1.21 bits per heavy atom. The number of ether oxygens (including phenoxy) is 10. The highest BCUT2D eigenvalue weighted by Gasteiger charge is 2.59. The summed E-state index contributed by atoms with van der Waals surface area (Å²) in [5.74, 6) is -2.89. The minimum Gasteiger partial charge on any atom is -0.469 e. The van der Waals surface area contributed by atoms with E-state index < -0.39 is 96.4 Å². The topological polar surface area (TPSA) is 168 Å². The summed E-state index contributed by atoms with van der Waals surface area (Å²) in [6.45, 7) is 12.2. The molecule has 0 radical (unpaired) electrons. The highest BCUT2D eigenvalue weighted by molar-refractivity contribution is 5.79. The van der Waals surface area contributed by atoms with Gasteiger partial charge in [0.25, 0.3) is 0 Å². The monoisotopic (exact) mass is 618 g/mol. The van der Waals surface area contributed by atoms with Gasteiger partial charge in [0.1, 0.15) is 42.2 Å². The second-order valence-corrected chi connectivity index (χ2v) is 13.0. The lowest BCUT2D eigenvalue weighted by Crippen LogP contribution is -2.55. The number of hydrogen-bond acceptors (Lipinski definition) is 13. The smallest absolute Gasteiger partial charge is 0.407 e. The van der Waals surface area contributed by atoms with Gasteiger partial charge in [0, 0.05) is 20.6 Å². The van der Waals surface area contributed by atoms with Crippen molar-refractivity contribution in [2.75, 3.05) is 21.3 Å². The maximum Gasteiger partial charge on any atom is 0.407 e. The molecule has 43 heavy (non-hydrogen) atoms. The normalized spacial score (nSPS) is 35.5. The molecule has 0 aromatic rings. The summed E-state index contributed by atoms with van der Waals surface area (Å²) in [6, 6.07) is -1.82. The number of carbonyl (C=O) groups excluding carboxylic acids is 3. The summed E-state index contributed by atoms with van der Waals surface area (Å²) >= 11 is 0. The first-order valence-electron chi connectivity index (χ1n) is 14.4. The van der Waals surface area contributed by atoms with Gasteiger partial charge in [-0.2, -0.15) is 0 Å². The van der Waals surface area contributed by atoms with Crippen LogP contribution in [0.25, 0.3) is 0 Å². The minimum absolute atomic E-state index is 0.221. The number of amides is 2. The number of nitrogens with one attached hydrogen (secondary N) is 2. The zero-order valence-corrected chi connectivity index (χ0v) is 26.5. The van der Waals surface area contributed by atoms with Crippen LogP contribution in [0, 0.1) is 0 Å². The quantitative estimate of drug-likeness (QED) is 0.334. The van der Waals surface area contributed by atoms with Crippen LogP contribution in [0.5, 0.6) is 0 Å². The van der Waals surface area contributed by atoms with E-state index >= 15 is 0 Å². The molecule has 2 amide bonds.